The lowest BCUT2D eigenvalue weighted by atomic mass is 9.86. The van der Waals surface area contributed by atoms with Gasteiger partial charge in [0.05, 0.1) is 11.6 Å². The molecule has 0 saturated carbocycles. The van der Waals surface area contributed by atoms with Gasteiger partial charge >= 0.3 is 0 Å². The van der Waals surface area contributed by atoms with E-state index < -0.39 is 0 Å². The third-order valence-electron chi connectivity index (χ3n) is 3.02. The molecule has 2 aromatic rings. The minimum absolute atomic E-state index is 0.237. The molecule has 0 N–H and O–H groups in total. The van der Waals surface area contributed by atoms with Crippen molar-refractivity contribution in [2.24, 2.45) is 5.41 Å². The fourth-order valence-electron chi connectivity index (χ4n) is 2.28. The fraction of sp³-hybridized carbons (Fsp3) is 0.278. The topological polar surface area (TPSA) is 23.8 Å². The number of nitrogens with zero attached hydrogens (tertiary/aromatic N) is 1. The second-order valence-electron chi connectivity index (χ2n) is 6.10. The van der Waals surface area contributed by atoms with Crippen molar-refractivity contribution in [2.45, 2.75) is 27.2 Å². The second kappa shape index (κ2) is 5.28. The summed E-state index contributed by atoms with van der Waals surface area (Å²) in [6.45, 7) is 6.64. The molecule has 19 heavy (non-hydrogen) atoms. The van der Waals surface area contributed by atoms with Crippen LogP contribution in [0, 0.1) is 16.7 Å². The number of nitriles is 1. The lowest BCUT2D eigenvalue weighted by Crippen LogP contribution is -2.09. The predicted molar refractivity (Wildman–Crippen MR) is 79.8 cm³/mol. The molecular formula is C18H19N. The first-order valence-electron chi connectivity index (χ1n) is 6.58. The van der Waals surface area contributed by atoms with E-state index in [1.54, 1.807) is 0 Å². The maximum atomic E-state index is 9.35. The number of hydrogen-bond donors (Lipinski definition) is 0. The first kappa shape index (κ1) is 13.4. The summed E-state index contributed by atoms with van der Waals surface area (Å²) in [5.41, 5.74) is 4.33. The Balaban J connectivity index is 2.41. The summed E-state index contributed by atoms with van der Waals surface area (Å²) < 4.78 is 0. The van der Waals surface area contributed by atoms with E-state index >= 15 is 0 Å². The van der Waals surface area contributed by atoms with Gasteiger partial charge in [0.15, 0.2) is 0 Å². The maximum absolute atomic E-state index is 9.35. The molecule has 0 saturated heterocycles. The Kier molecular flexibility index (Phi) is 3.71. The molecule has 0 atom stereocenters. The van der Waals surface area contributed by atoms with Crippen molar-refractivity contribution >= 4 is 0 Å². The first-order chi connectivity index (χ1) is 8.99. The molecule has 0 bridgehead atoms. The highest BCUT2D eigenvalue weighted by Gasteiger charge is 2.13. The highest BCUT2D eigenvalue weighted by atomic mass is 14.3. The van der Waals surface area contributed by atoms with Crippen molar-refractivity contribution in [1.29, 1.82) is 5.26 Å². The minimum atomic E-state index is 0.237. The summed E-state index contributed by atoms with van der Waals surface area (Å²) in [5.74, 6) is 0. The Morgan fingerprint density at radius 2 is 1.68 bits per heavy atom. The molecule has 0 radical (unpaired) electrons. The Morgan fingerprint density at radius 1 is 1.00 bits per heavy atom. The quantitative estimate of drug-likeness (QED) is 0.749. The van der Waals surface area contributed by atoms with E-state index in [-0.39, 0.29) is 5.41 Å². The lowest BCUT2D eigenvalue weighted by Gasteiger charge is -2.18. The molecule has 1 heteroatoms. The van der Waals surface area contributed by atoms with Gasteiger partial charge in [-0.25, -0.2) is 0 Å². The van der Waals surface area contributed by atoms with Crippen molar-refractivity contribution in [2.75, 3.05) is 0 Å². The Bertz CT molecular complexity index is 598. The van der Waals surface area contributed by atoms with Crippen LogP contribution in [0.15, 0.2) is 48.5 Å². The fourth-order valence-corrected chi connectivity index (χ4v) is 2.28. The van der Waals surface area contributed by atoms with Gasteiger partial charge < -0.3 is 0 Å². The van der Waals surface area contributed by atoms with Crippen LogP contribution < -0.4 is 0 Å². The van der Waals surface area contributed by atoms with Crippen molar-refractivity contribution < 1.29 is 0 Å². The third-order valence-corrected chi connectivity index (χ3v) is 3.02. The normalized spacial score (nSPS) is 11.1. The molecule has 0 aliphatic carbocycles. The van der Waals surface area contributed by atoms with Crippen molar-refractivity contribution in [3.63, 3.8) is 0 Å². The second-order valence-corrected chi connectivity index (χ2v) is 6.10. The van der Waals surface area contributed by atoms with E-state index in [0.717, 1.165) is 23.1 Å². The molecule has 0 heterocycles. The average molecular weight is 249 g/mol. The average Bonchev–Trinajstić information content (AvgIpc) is 2.37. The number of benzene rings is 2. The molecule has 0 aliphatic rings. The van der Waals surface area contributed by atoms with Gasteiger partial charge in [0.25, 0.3) is 0 Å². The Morgan fingerprint density at radius 3 is 2.26 bits per heavy atom. The summed E-state index contributed by atoms with van der Waals surface area (Å²) in [7, 11) is 0. The van der Waals surface area contributed by atoms with Crippen LogP contribution in [-0.4, -0.2) is 0 Å². The first-order valence-corrected chi connectivity index (χ1v) is 6.58. The Labute approximate surface area is 115 Å². The SMILES string of the molecule is CC(C)(C)Cc1ccc(-c2ccccc2)c(C#N)c1. The zero-order valence-corrected chi connectivity index (χ0v) is 11.8. The van der Waals surface area contributed by atoms with Gasteiger partial charge in [-0.05, 0) is 34.6 Å². The summed E-state index contributed by atoms with van der Waals surface area (Å²) in [6.07, 6.45) is 0.983. The summed E-state index contributed by atoms with van der Waals surface area (Å²) in [4.78, 5) is 0. The zero-order valence-electron chi connectivity index (χ0n) is 11.8. The highest BCUT2D eigenvalue weighted by Crippen LogP contribution is 2.27. The molecule has 0 aromatic heterocycles. The van der Waals surface area contributed by atoms with Crippen molar-refractivity contribution in [3.05, 3.63) is 59.7 Å². The van der Waals surface area contributed by atoms with Gasteiger partial charge in [-0.1, -0.05) is 63.2 Å². The molecule has 96 valence electrons. The van der Waals surface area contributed by atoms with Gasteiger partial charge in [-0.2, -0.15) is 5.26 Å². The largest absolute Gasteiger partial charge is 0.192 e. The van der Waals surface area contributed by atoms with Crippen molar-refractivity contribution in [3.8, 4) is 17.2 Å². The molecule has 0 amide bonds. The van der Waals surface area contributed by atoms with E-state index in [1.807, 2.05) is 36.4 Å². The molecule has 2 rings (SSSR count). The van der Waals surface area contributed by atoms with Crippen LogP contribution in [0.2, 0.25) is 0 Å². The standard InChI is InChI=1S/C18H19N/c1-18(2,3)12-14-9-10-17(16(11-14)13-19)15-7-5-4-6-8-15/h4-11H,12H2,1-3H3. The number of hydrogen-bond acceptors (Lipinski definition) is 1. The van der Waals surface area contributed by atoms with E-state index in [4.69, 9.17) is 0 Å². The molecule has 0 unspecified atom stereocenters. The van der Waals surface area contributed by atoms with Crippen LogP contribution in [0.25, 0.3) is 11.1 Å². The summed E-state index contributed by atoms with van der Waals surface area (Å²) in [6, 6.07) is 18.6. The van der Waals surface area contributed by atoms with Gasteiger partial charge in [-0.3, -0.25) is 0 Å². The monoisotopic (exact) mass is 249 g/mol. The van der Waals surface area contributed by atoms with Gasteiger partial charge in [0, 0.05) is 0 Å². The van der Waals surface area contributed by atoms with Crippen LogP contribution in [0.4, 0.5) is 0 Å². The minimum Gasteiger partial charge on any atom is -0.192 e. The molecule has 0 aliphatic heterocycles. The predicted octanol–water partition coefficient (Wildman–Crippen LogP) is 4.81. The van der Waals surface area contributed by atoms with E-state index in [0.29, 0.717) is 0 Å². The Hall–Kier alpha value is -2.07. The van der Waals surface area contributed by atoms with E-state index in [1.165, 1.54) is 5.56 Å². The third kappa shape index (κ3) is 3.45. The van der Waals surface area contributed by atoms with E-state index in [9.17, 15) is 5.26 Å². The van der Waals surface area contributed by atoms with Crippen LogP contribution in [0.5, 0.6) is 0 Å². The molecule has 0 fully saturated rings. The van der Waals surface area contributed by atoms with E-state index in [2.05, 4.69) is 39.0 Å². The summed E-state index contributed by atoms with van der Waals surface area (Å²) in [5, 5.41) is 9.35. The molecule has 2 aromatic carbocycles. The zero-order chi connectivity index (χ0) is 13.9. The van der Waals surface area contributed by atoms with Gasteiger partial charge in [0.1, 0.15) is 0 Å². The smallest absolute Gasteiger partial charge is 0.0998 e. The summed E-state index contributed by atoms with van der Waals surface area (Å²) >= 11 is 0. The van der Waals surface area contributed by atoms with Crippen molar-refractivity contribution in [1.82, 2.24) is 0 Å². The van der Waals surface area contributed by atoms with Crippen LogP contribution in [0.3, 0.4) is 0 Å². The van der Waals surface area contributed by atoms with Crippen LogP contribution in [-0.2, 0) is 6.42 Å². The number of rotatable bonds is 2. The molecule has 0 spiro atoms. The van der Waals surface area contributed by atoms with Crippen LogP contribution in [0.1, 0.15) is 31.9 Å². The maximum Gasteiger partial charge on any atom is 0.0998 e. The lowest BCUT2D eigenvalue weighted by molar-refractivity contribution is 0.411. The highest BCUT2D eigenvalue weighted by molar-refractivity contribution is 5.70. The molecular weight excluding hydrogens is 230 g/mol. The van der Waals surface area contributed by atoms with Crippen LogP contribution >= 0.6 is 0 Å². The van der Waals surface area contributed by atoms with Gasteiger partial charge in [0.2, 0.25) is 0 Å². The molecule has 1 nitrogen and oxygen atoms in total. The van der Waals surface area contributed by atoms with Gasteiger partial charge in [-0.15, -0.1) is 0 Å².